The standard InChI is InChI=1S/C24H27BrN8OS/c1-32-10-12-33(13-11-32)23-29-21(27-17-6-4-3-5-7-17)28-22(30-23)31-24-26-15-20(35-24)16-8-9-19(34-2)18(25)14-16/h3-9,14-15,20,24H,10-13H2,1-2H3,(H2,27,28,29,30,31). The largest absolute Gasteiger partial charge is 0.496 e. The van der Waals surface area contributed by atoms with Crippen LogP contribution in [0.1, 0.15) is 10.8 Å². The zero-order valence-corrected chi connectivity index (χ0v) is 22.0. The van der Waals surface area contributed by atoms with Gasteiger partial charge in [0.05, 0.1) is 16.8 Å². The number of ether oxygens (including phenoxy) is 1. The third-order valence-corrected chi connectivity index (χ3v) is 7.63. The molecule has 0 saturated carbocycles. The highest BCUT2D eigenvalue weighted by molar-refractivity contribution is 9.10. The Bertz CT molecular complexity index is 1190. The van der Waals surface area contributed by atoms with Gasteiger partial charge in [-0.15, -0.1) is 0 Å². The van der Waals surface area contributed by atoms with E-state index in [1.807, 2.05) is 42.6 Å². The van der Waals surface area contributed by atoms with Crippen LogP contribution in [0.5, 0.6) is 5.75 Å². The monoisotopic (exact) mass is 554 g/mol. The number of nitrogens with zero attached hydrogens (tertiary/aromatic N) is 6. The highest BCUT2D eigenvalue weighted by Crippen LogP contribution is 2.39. The normalized spacial score (nSPS) is 20.1. The first-order valence-corrected chi connectivity index (χ1v) is 13.1. The fourth-order valence-electron chi connectivity index (χ4n) is 3.86. The Morgan fingerprint density at radius 3 is 2.51 bits per heavy atom. The third kappa shape index (κ3) is 5.85. The zero-order chi connectivity index (χ0) is 24.2. The van der Waals surface area contributed by atoms with Gasteiger partial charge in [-0.1, -0.05) is 36.0 Å². The molecule has 3 heterocycles. The summed E-state index contributed by atoms with van der Waals surface area (Å²) in [5.74, 6) is 2.48. The molecule has 2 unspecified atom stereocenters. The van der Waals surface area contributed by atoms with Crippen molar-refractivity contribution in [3.8, 4) is 5.75 Å². The molecule has 2 atom stereocenters. The van der Waals surface area contributed by atoms with E-state index in [0.29, 0.717) is 17.8 Å². The summed E-state index contributed by atoms with van der Waals surface area (Å²) in [6.07, 6.45) is 1.96. The fourth-order valence-corrected chi connectivity index (χ4v) is 5.45. The van der Waals surface area contributed by atoms with Gasteiger partial charge in [0.15, 0.2) is 5.50 Å². The maximum atomic E-state index is 5.35. The van der Waals surface area contributed by atoms with Crippen molar-refractivity contribution < 1.29 is 4.74 Å². The van der Waals surface area contributed by atoms with Crippen LogP contribution < -0.4 is 20.3 Å². The molecule has 2 aliphatic rings. The number of anilines is 4. The van der Waals surface area contributed by atoms with Crippen LogP contribution in [0, 0.1) is 0 Å². The number of nitrogens with one attached hydrogen (secondary N) is 2. The molecule has 0 bridgehead atoms. The van der Waals surface area contributed by atoms with E-state index >= 15 is 0 Å². The molecule has 1 saturated heterocycles. The Hall–Kier alpha value is -2.89. The molecule has 0 spiro atoms. The quantitative estimate of drug-likeness (QED) is 0.441. The van der Waals surface area contributed by atoms with Gasteiger partial charge in [0.1, 0.15) is 5.75 Å². The van der Waals surface area contributed by atoms with Crippen molar-refractivity contribution in [1.82, 2.24) is 19.9 Å². The number of thioether (sulfide) groups is 1. The van der Waals surface area contributed by atoms with Crippen LogP contribution in [-0.4, -0.2) is 71.9 Å². The molecule has 2 aromatic carbocycles. The molecule has 11 heteroatoms. The van der Waals surface area contributed by atoms with Gasteiger partial charge in [0.2, 0.25) is 17.8 Å². The first-order chi connectivity index (χ1) is 17.1. The second kappa shape index (κ2) is 10.8. The summed E-state index contributed by atoms with van der Waals surface area (Å²) in [5, 5.41) is 6.81. The van der Waals surface area contributed by atoms with E-state index in [4.69, 9.17) is 14.7 Å². The molecule has 2 N–H and O–H groups in total. The number of hydrogen-bond donors (Lipinski definition) is 2. The van der Waals surface area contributed by atoms with E-state index in [1.54, 1.807) is 18.9 Å². The van der Waals surface area contributed by atoms with Crippen molar-refractivity contribution in [3.63, 3.8) is 0 Å². The molecule has 182 valence electrons. The SMILES string of the molecule is COc1ccc(C2C=NC(Nc3nc(Nc4ccccc4)nc(N4CCN(C)CC4)n3)S2)cc1Br. The lowest BCUT2D eigenvalue weighted by molar-refractivity contribution is 0.311. The maximum Gasteiger partial charge on any atom is 0.233 e. The van der Waals surface area contributed by atoms with Gasteiger partial charge >= 0.3 is 0 Å². The number of halogens is 1. The molecular weight excluding hydrogens is 528 g/mol. The van der Waals surface area contributed by atoms with E-state index in [1.165, 1.54) is 0 Å². The van der Waals surface area contributed by atoms with Crippen LogP contribution in [0.4, 0.5) is 23.5 Å². The first-order valence-electron chi connectivity index (χ1n) is 11.4. The highest BCUT2D eigenvalue weighted by Gasteiger charge is 2.25. The van der Waals surface area contributed by atoms with Crippen LogP contribution in [0.25, 0.3) is 0 Å². The summed E-state index contributed by atoms with van der Waals surface area (Å²) in [4.78, 5) is 23.3. The third-order valence-electron chi connectivity index (χ3n) is 5.83. The number of aliphatic imine (C=N–C) groups is 1. The van der Waals surface area contributed by atoms with Crippen molar-refractivity contribution in [3.05, 3.63) is 58.6 Å². The lowest BCUT2D eigenvalue weighted by Crippen LogP contribution is -2.45. The highest BCUT2D eigenvalue weighted by atomic mass is 79.9. The smallest absolute Gasteiger partial charge is 0.233 e. The van der Waals surface area contributed by atoms with Gasteiger partial charge in [-0.2, -0.15) is 15.0 Å². The van der Waals surface area contributed by atoms with Crippen LogP contribution in [-0.2, 0) is 0 Å². The van der Waals surface area contributed by atoms with E-state index in [0.717, 1.165) is 47.7 Å². The summed E-state index contributed by atoms with van der Waals surface area (Å²) in [6.45, 7) is 3.68. The van der Waals surface area contributed by atoms with Crippen LogP contribution in [0.3, 0.4) is 0 Å². The van der Waals surface area contributed by atoms with Crippen molar-refractivity contribution in [2.75, 3.05) is 55.9 Å². The second-order valence-corrected chi connectivity index (χ2v) is 10.4. The molecule has 3 aromatic rings. The molecule has 1 aromatic heterocycles. The van der Waals surface area contributed by atoms with Crippen molar-refractivity contribution in [2.24, 2.45) is 4.99 Å². The lowest BCUT2D eigenvalue weighted by atomic mass is 10.1. The molecule has 9 nitrogen and oxygen atoms in total. The Labute approximate surface area is 217 Å². The van der Waals surface area contributed by atoms with E-state index in [9.17, 15) is 0 Å². The minimum absolute atomic E-state index is 0.121. The average molecular weight is 556 g/mol. The zero-order valence-electron chi connectivity index (χ0n) is 19.6. The molecule has 35 heavy (non-hydrogen) atoms. The van der Waals surface area contributed by atoms with E-state index in [2.05, 4.69) is 65.5 Å². The van der Waals surface area contributed by atoms with Gasteiger partial charge in [0, 0.05) is 38.1 Å². The first kappa shape index (κ1) is 23.8. The molecule has 0 amide bonds. The van der Waals surface area contributed by atoms with Crippen LogP contribution in [0.15, 0.2) is 58.0 Å². The Kier molecular flexibility index (Phi) is 7.35. The number of piperazine rings is 1. The van der Waals surface area contributed by atoms with Crippen molar-refractivity contribution in [2.45, 2.75) is 10.7 Å². The lowest BCUT2D eigenvalue weighted by Gasteiger charge is -2.32. The van der Waals surface area contributed by atoms with E-state index < -0.39 is 0 Å². The molecule has 2 aliphatic heterocycles. The summed E-state index contributed by atoms with van der Waals surface area (Å²) in [7, 11) is 3.80. The molecule has 1 fully saturated rings. The topological polar surface area (TPSA) is 90.8 Å². The number of aromatic nitrogens is 3. The molecule has 0 radical (unpaired) electrons. The van der Waals surface area contributed by atoms with Crippen molar-refractivity contribution in [1.29, 1.82) is 0 Å². The van der Waals surface area contributed by atoms with Gasteiger partial charge < -0.3 is 25.2 Å². The second-order valence-electron chi connectivity index (χ2n) is 8.31. The number of hydrogen-bond acceptors (Lipinski definition) is 10. The van der Waals surface area contributed by atoms with Gasteiger partial charge in [0.25, 0.3) is 0 Å². The minimum atomic E-state index is -0.201. The number of benzene rings is 2. The fraction of sp³-hybridized carbons (Fsp3) is 0.333. The molecule has 0 aliphatic carbocycles. The van der Waals surface area contributed by atoms with Crippen LogP contribution >= 0.6 is 27.7 Å². The number of methoxy groups -OCH3 is 1. The predicted octanol–water partition coefficient (Wildman–Crippen LogP) is 4.39. The maximum absolute atomic E-state index is 5.35. The van der Waals surface area contributed by atoms with E-state index in [-0.39, 0.29) is 10.7 Å². The Morgan fingerprint density at radius 1 is 1.00 bits per heavy atom. The van der Waals surface area contributed by atoms with Gasteiger partial charge in [-0.25, -0.2) is 0 Å². The minimum Gasteiger partial charge on any atom is -0.496 e. The molecular formula is C24H27BrN8OS. The van der Waals surface area contributed by atoms with Crippen LogP contribution in [0.2, 0.25) is 0 Å². The summed E-state index contributed by atoms with van der Waals surface area (Å²) in [6, 6.07) is 16.0. The number of rotatable bonds is 7. The van der Waals surface area contributed by atoms with Gasteiger partial charge in [-0.05, 0) is 52.8 Å². The molecule has 5 rings (SSSR count). The average Bonchev–Trinajstić information content (AvgIpc) is 3.33. The number of likely N-dealkylation sites (N-methyl/N-ethyl adjacent to an activating group) is 1. The van der Waals surface area contributed by atoms with Gasteiger partial charge in [-0.3, -0.25) is 4.99 Å². The van der Waals surface area contributed by atoms with Crippen molar-refractivity contribution >= 4 is 57.4 Å². The Morgan fingerprint density at radius 2 is 1.77 bits per heavy atom. The summed E-state index contributed by atoms with van der Waals surface area (Å²) >= 11 is 5.27. The predicted molar refractivity (Wildman–Crippen MR) is 146 cm³/mol. The number of para-hydroxylation sites is 1. The summed E-state index contributed by atoms with van der Waals surface area (Å²) < 4.78 is 6.27. The Balaban J connectivity index is 1.33. The summed E-state index contributed by atoms with van der Waals surface area (Å²) in [5.41, 5.74) is 1.87.